The predicted octanol–water partition coefficient (Wildman–Crippen LogP) is 5.12. The van der Waals surface area contributed by atoms with Crippen molar-refractivity contribution in [1.82, 2.24) is 4.98 Å². The lowest BCUT2D eigenvalue weighted by Crippen LogP contribution is -2.05. The number of rotatable bonds is 3. The summed E-state index contributed by atoms with van der Waals surface area (Å²) in [5, 5.41) is 5.86. The molecule has 2 nitrogen and oxygen atoms in total. The van der Waals surface area contributed by atoms with Gasteiger partial charge in [-0.3, -0.25) is 4.98 Å². The number of nitrogens with one attached hydrogen (secondary N) is 1. The van der Waals surface area contributed by atoms with Crippen LogP contribution >= 0.6 is 22.9 Å². The Hall–Kier alpha value is -1.58. The van der Waals surface area contributed by atoms with Gasteiger partial charge in [0.15, 0.2) is 0 Å². The van der Waals surface area contributed by atoms with E-state index < -0.39 is 0 Å². The SMILES string of the molecule is CC(Nc1cccc2ccncc12)c1ccc(Cl)s1. The molecule has 0 amide bonds. The standard InChI is InChI=1S/C15H13ClN2S/c1-10(14-5-6-15(16)19-14)18-13-4-2-3-11-7-8-17-9-12(11)13/h2-10,18H,1H3. The van der Waals surface area contributed by atoms with Gasteiger partial charge in [-0.05, 0) is 36.6 Å². The van der Waals surface area contributed by atoms with Crippen molar-refractivity contribution in [1.29, 1.82) is 0 Å². The van der Waals surface area contributed by atoms with Gasteiger partial charge in [0.05, 0.1) is 10.4 Å². The van der Waals surface area contributed by atoms with E-state index in [0.717, 1.165) is 15.4 Å². The summed E-state index contributed by atoms with van der Waals surface area (Å²) in [6.07, 6.45) is 3.71. The number of anilines is 1. The highest BCUT2D eigenvalue weighted by atomic mass is 35.5. The first kappa shape index (κ1) is 12.5. The van der Waals surface area contributed by atoms with Gasteiger partial charge in [-0.1, -0.05) is 23.7 Å². The number of hydrogen-bond donors (Lipinski definition) is 1. The maximum absolute atomic E-state index is 5.98. The van der Waals surface area contributed by atoms with Crippen LogP contribution < -0.4 is 5.32 Å². The van der Waals surface area contributed by atoms with Crippen molar-refractivity contribution in [2.24, 2.45) is 0 Å². The summed E-state index contributed by atoms with van der Waals surface area (Å²) in [6, 6.07) is 12.5. The lowest BCUT2D eigenvalue weighted by molar-refractivity contribution is 0.910. The summed E-state index contributed by atoms with van der Waals surface area (Å²) in [7, 11) is 0. The quantitative estimate of drug-likeness (QED) is 0.723. The van der Waals surface area contributed by atoms with Crippen LogP contribution in [-0.4, -0.2) is 4.98 Å². The second-order valence-electron chi connectivity index (χ2n) is 4.41. The Morgan fingerprint density at radius 3 is 2.89 bits per heavy atom. The summed E-state index contributed by atoms with van der Waals surface area (Å²) >= 11 is 7.59. The minimum absolute atomic E-state index is 0.225. The fourth-order valence-corrected chi connectivity index (χ4v) is 3.17. The van der Waals surface area contributed by atoms with Crippen molar-refractivity contribution in [2.75, 3.05) is 5.32 Å². The Balaban J connectivity index is 1.93. The van der Waals surface area contributed by atoms with Gasteiger partial charge in [0.1, 0.15) is 0 Å². The number of halogens is 1. The predicted molar refractivity (Wildman–Crippen MR) is 83.1 cm³/mol. The Labute approximate surface area is 121 Å². The van der Waals surface area contributed by atoms with Crippen molar-refractivity contribution in [3.63, 3.8) is 0 Å². The molecule has 19 heavy (non-hydrogen) atoms. The molecule has 2 heterocycles. The fourth-order valence-electron chi connectivity index (χ4n) is 2.10. The zero-order valence-electron chi connectivity index (χ0n) is 10.4. The van der Waals surface area contributed by atoms with Gasteiger partial charge in [-0.25, -0.2) is 0 Å². The Bertz CT molecular complexity index is 703. The normalized spacial score (nSPS) is 12.5. The average Bonchev–Trinajstić information content (AvgIpc) is 2.86. The molecule has 1 aromatic carbocycles. The zero-order valence-corrected chi connectivity index (χ0v) is 12.0. The van der Waals surface area contributed by atoms with Crippen LogP contribution in [0.15, 0.2) is 48.8 Å². The number of aromatic nitrogens is 1. The number of fused-ring (bicyclic) bond motifs is 1. The van der Waals surface area contributed by atoms with Crippen LogP contribution in [0.25, 0.3) is 10.8 Å². The number of nitrogens with zero attached hydrogens (tertiary/aromatic N) is 1. The van der Waals surface area contributed by atoms with E-state index in [-0.39, 0.29) is 6.04 Å². The fraction of sp³-hybridized carbons (Fsp3) is 0.133. The third-order valence-electron chi connectivity index (χ3n) is 3.08. The Morgan fingerprint density at radius 2 is 2.11 bits per heavy atom. The van der Waals surface area contributed by atoms with Crippen LogP contribution in [0, 0.1) is 0 Å². The largest absolute Gasteiger partial charge is 0.377 e. The van der Waals surface area contributed by atoms with E-state index in [4.69, 9.17) is 11.6 Å². The number of benzene rings is 1. The van der Waals surface area contributed by atoms with E-state index in [1.165, 1.54) is 10.3 Å². The number of thiophene rings is 1. The third kappa shape index (κ3) is 2.57. The molecule has 96 valence electrons. The van der Waals surface area contributed by atoms with E-state index in [2.05, 4.69) is 41.5 Å². The molecule has 1 atom stereocenters. The molecule has 0 aliphatic carbocycles. The molecule has 0 spiro atoms. The smallest absolute Gasteiger partial charge is 0.0932 e. The third-order valence-corrected chi connectivity index (χ3v) is 4.49. The second-order valence-corrected chi connectivity index (χ2v) is 6.16. The van der Waals surface area contributed by atoms with E-state index in [1.807, 2.05) is 24.5 Å². The molecule has 0 aliphatic heterocycles. The monoisotopic (exact) mass is 288 g/mol. The summed E-state index contributed by atoms with van der Waals surface area (Å²) < 4.78 is 0.822. The molecule has 0 radical (unpaired) electrons. The lowest BCUT2D eigenvalue weighted by atomic mass is 10.1. The van der Waals surface area contributed by atoms with Crippen molar-refractivity contribution in [2.45, 2.75) is 13.0 Å². The zero-order chi connectivity index (χ0) is 13.2. The minimum atomic E-state index is 0.225. The van der Waals surface area contributed by atoms with E-state index >= 15 is 0 Å². The minimum Gasteiger partial charge on any atom is -0.377 e. The highest BCUT2D eigenvalue weighted by Crippen LogP contribution is 2.31. The van der Waals surface area contributed by atoms with Gasteiger partial charge >= 0.3 is 0 Å². The molecule has 3 rings (SSSR count). The molecule has 0 aliphatic rings. The molecule has 0 bridgehead atoms. The summed E-state index contributed by atoms with van der Waals surface area (Å²) in [5.74, 6) is 0. The molecule has 3 aromatic rings. The van der Waals surface area contributed by atoms with Crippen LogP contribution in [0.1, 0.15) is 17.8 Å². The van der Waals surface area contributed by atoms with Gasteiger partial charge in [0, 0.05) is 28.3 Å². The molecule has 0 saturated carbocycles. The molecular weight excluding hydrogens is 276 g/mol. The molecule has 2 aromatic heterocycles. The van der Waals surface area contributed by atoms with Gasteiger partial charge < -0.3 is 5.32 Å². The first-order valence-corrected chi connectivity index (χ1v) is 7.28. The van der Waals surface area contributed by atoms with Crippen molar-refractivity contribution in [3.05, 3.63) is 58.0 Å². The molecule has 1 unspecified atom stereocenters. The van der Waals surface area contributed by atoms with Gasteiger partial charge in [-0.2, -0.15) is 0 Å². The lowest BCUT2D eigenvalue weighted by Gasteiger charge is -2.15. The Morgan fingerprint density at radius 1 is 1.21 bits per heavy atom. The number of pyridine rings is 1. The highest BCUT2D eigenvalue weighted by Gasteiger charge is 2.09. The Kier molecular flexibility index (Phi) is 3.40. The summed E-state index contributed by atoms with van der Waals surface area (Å²) in [5.41, 5.74) is 1.10. The van der Waals surface area contributed by atoms with Crippen molar-refractivity contribution in [3.8, 4) is 0 Å². The van der Waals surface area contributed by atoms with E-state index in [9.17, 15) is 0 Å². The van der Waals surface area contributed by atoms with E-state index in [1.54, 1.807) is 11.3 Å². The topological polar surface area (TPSA) is 24.9 Å². The molecule has 0 fully saturated rings. The maximum Gasteiger partial charge on any atom is 0.0932 e. The van der Waals surface area contributed by atoms with Crippen LogP contribution in [0.3, 0.4) is 0 Å². The second kappa shape index (κ2) is 5.19. The van der Waals surface area contributed by atoms with Crippen LogP contribution in [0.4, 0.5) is 5.69 Å². The summed E-state index contributed by atoms with van der Waals surface area (Å²) in [6.45, 7) is 2.14. The van der Waals surface area contributed by atoms with Gasteiger partial charge in [0.2, 0.25) is 0 Å². The average molecular weight is 289 g/mol. The van der Waals surface area contributed by atoms with Crippen molar-refractivity contribution >= 4 is 39.4 Å². The molecule has 0 saturated heterocycles. The molecule has 4 heteroatoms. The van der Waals surface area contributed by atoms with Gasteiger partial charge in [-0.15, -0.1) is 11.3 Å². The van der Waals surface area contributed by atoms with Crippen LogP contribution in [0.5, 0.6) is 0 Å². The van der Waals surface area contributed by atoms with Crippen LogP contribution in [-0.2, 0) is 0 Å². The van der Waals surface area contributed by atoms with E-state index in [0.29, 0.717) is 0 Å². The highest BCUT2D eigenvalue weighted by molar-refractivity contribution is 7.16. The summed E-state index contributed by atoms with van der Waals surface area (Å²) in [4.78, 5) is 5.43. The first-order chi connectivity index (χ1) is 9.24. The molecule has 1 N–H and O–H groups in total. The van der Waals surface area contributed by atoms with Crippen LogP contribution in [0.2, 0.25) is 4.34 Å². The number of hydrogen-bond acceptors (Lipinski definition) is 3. The van der Waals surface area contributed by atoms with Gasteiger partial charge in [0.25, 0.3) is 0 Å². The molecular formula is C15H13ClN2S. The van der Waals surface area contributed by atoms with Crippen molar-refractivity contribution < 1.29 is 0 Å². The first-order valence-electron chi connectivity index (χ1n) is 6.08. The maximum atomic E-state index is 5.98.